The third kappa shape index (κ3) is 9.99. The lowest BCUT2D eigenvalue weighted by molar-refractivity contribution is 0.0993. The molecule has 1 atom stereocenters. The fourth-order valence-corrected chi connectivity index (χ4v) is 8.11. The lowest BCUT2D eigenvalue weighted by atomic mass is 9.78. The number of carbonyl (C=O) groups excluding carboxylic acids is 2. The Morgan fingerprint density at radius 2 is 1.56 bits per heavy atom. The summed E-state index contributed by atoms with van der Waals surface area (Å²) < 4.78 is 58.9. The van der Waals surface area contributed by atoms with Crippen molar-refractivity contribution < 1.29 is 31.5 Å². The maximum atomic E-state index is 14.3. The number of benzene rings is 1. The second kappa shape index (κ2) is 15.9. The number of rotatable bonds is 10. The molecule has 3 aliphatic rings. The van der Waals surface area contributed by atoms with Crippen molar-refractivity contribution in [1.82, 2.24) is 24.3 Å². The maximum absolute atomic E-state index is 14.3. The zero-order valence-corrected chi connectivity index (χ0v) is 28.0. The normalized spacial score (nSPS) is 20.7. The molecule has 1 aromatic rings. The summed E-state index contributed by atoms with van der Waals surface area (Å²) in [6.45, 7) is 9.23. The molecule has 0 spiro atoms. The molecule has 45 heavy (non-hydrogen) atoms. The van der Waals surface area contributed by atoms with E-state index in [2.05, 4.69) is 24.1 Å². The molecule has 0 aromatic heterocycles. The van der Waals surface area contributed by atoms with E-state index in [0.717, 1.165) is 45.0 Å². The zero-order chi connectivity index (χ0) is 32.7. The lowest BCUT2D eigenvalue weighted by Crippen LogP contribution is -2.55. The lowest BCUT2D eigenvalue weighted by Gasteiger charge is -2.41. The van der Waals surface area contributed by atoms with Crippen LogP contribution in [0.25, 0.3) is 0 Å². The van der Waals surface area contributed by atoms with E-state index in [0.29, 0.717) is 69.9 Å². The molecule has 0 bridgehead atoms. The summed E-state index contributed by atoms with van der Waals surface area (Å²) in [6, 6.07) is 3.82. The van der Waals surface area contributed by atoms with E-state index in [1.807, 2.05) is 4.90 Å². The largest absolute Gasteiger partial charge is 0.453 e. The van der Waals surface area contributed by atoms with Crippen molar-refractivity contribution in [2.75, 3.05) is 65.7 Å². The first-order chi connectivity index (χ1) is 21.3. The number of hydrogen-bond acceptors (Lipinski definition) is 6. The van der Waals surface area contributed by atoms with Crippen molar-refractivity contribution in [2.45, 2.75) is 76.8 Å². The Morgan fingerprint density at radius 1 is 0.956 bits per heavy atom. The average molecular weight is 656 g/mol. The smallest absolute Gasteiger partial charge is 0.409 e. The number of carbonyl (C=O) groups is 2. The van der Waals surface area contributed by atoms with Crippen molar-refractivity contribution >= 4 is 22.1 Å². The average Bonchev–Trinajstić information content (AvgIpc) is 2.99. The van der Waals surface area contributed by atoms with Gasteiger partial charge in [-0.2, -0.15) is 0 Å². The molecule has 1 unspecified atom stereocenters. The molecule has 3 saturated heterocycles. The quantitative estimate of drug-likeness (QED) is 0.399. The van der Waals surface area contributed by atoms with E-state index < -0.39 is 21.7 Å². The minimum absolute atomic E-state index is 0.0158. The number of nitrogens with zero attached hydrogens (tertiary/aromatic N) is 4. The van der Waals surface area contributed by atoms with E-state index in [1.54, 1.807) is 4.90 Å². The molecule has 1 N–H and O–H groups in total. The highest BCUT2D eigenvalue weighted by Crippen LogP contribution is 2.37. The van der Waals surface area contributed by atoms with Crippen LogP contribution in [-0.4, -0.2) is 117 Å². The first-order valence-corrected chi connectivity index (χ1v) is 18.2. The van der Waals surface area contributed by atoms with Gasteiger partial charge < -0.3 is 24.8 Å². The van der Waals surface area contributed by atoms with Crippen LogP contribution in [0, 0.1) is 23.5 Å². The van der Waals surface area contributed by atoms with Gasteiger partial charge in [-0.15, -0.1) is 0 Å². The van der Waals surface area contributed by atoms with Gasteiger partial charge in [0.15, 0.2) is 0 Å². The third-order valence-electron chi connectivity index (χ3n) is 9.68. The molecule has 4 rings (SSSR count). The maximum Gasteiger partial charge on any atom is 0.409 e. The highest BCUT2D eigenvalue weighted by atomic mass is 32.2. The predicted molar refractivity (Wildman–Crippen MR) is 169 cm³/mol. The van der Waals surface area contributed by atoms with Crippen LogP contribution in [0.5, 0.6) is 0 Å². The van der Waals surface area contributed by atoms with Gasteiger partial charge in [0, 0.05) is 64.0 Å². The number of nitrogens with one attached hydrogen (secondary N) is 1. The number of ether oxygens (including phenoxy) is 1. The zero-order valence-electron chi connectivity index (χ0n) is 27.2. The van der Waals surface area contributed by atoms with Crippen LogP contribution in [0.4, 0.5) is 18.4 Å². The highest BCUT2D eigenvalue weighted by Gasteiger charge is 2.34. The summed E-state index contributed by atoms with van der Waals surface area (Å²) >= 11 is 0. The van der Waals surface area contributed by atoms with E-state index in [-0.39, 0.29) is 36.0 Å². The van der Waals surface area contributed by atoms with Crippen molar-refractivity contribution in [1.29, 1.82) is 0 Å². The monoisotopic (exact) mass is 655 g/mol. The van der Waals surface area contributed by atoms with Crippen molar-refractivity contribution in [3.8, 4) is 0 Å². The van der Waals surface area contributed by atoms with Crippen molar-refractivity contribution in [3.63, 3.8) is 0 Å². The molecular weight excluding hydrogens is 604 g/mol. The van der Waals surface area contributed by atoms with Crippen LogP contribution in [0.1, 0.15) is 70.3 Å². The van der Waals surface area contributed by atoms with E-state index in [4.69, 9.17) is 4.74 Å². The molecule has 0 aliphatic carbocycles. The van der Waals surface area contributed by atoms with Gasteiger partial charge in [-0.05, 0) is 86.9 Å². The fourth-order valence-electron chi connectivity index (χ4n) is 7.23. The summed E-state index contributed by atoms with van der Waals surface area (Å²) in [5.74, 6) is -0.824. The Bertz CT molecular complexity index is 1220. The molecule has 3 aliphatic heterocycles. The van der Waals surface area contributed by atoms with Gasteiger partial charge >= 0.3 is 12.1 Å². The van der Waals surface area contributed by atoms with Crippen molar-refractivity contribution in [3.05, 3.63) is 35.4 Å². The van der Waals surface area contributed by atoms with Crippen LogP contribution < -0.4 is 5.32 Å². The van der Waals surface area contributed by atoms with E-state index in [9.17, 15) is 26.8 Å². The summed E-state index contributed by atoms with van der Waals surface area (Å²) in [5.41, 5.74) is 0.636. The molecule has 10 nitrogen and oxygen atoms in total. The highest BCUT2D eigenvalue weighted by molar-refractivity contribution is 7.88. The Kier molecular flexibility index (Phi) is 12.5. The van der Waals surface area contributed by atoms with Gasteiger partial charge in [0.25, 0.3) is 0 Å². The number of likely N-dealkylation sites (tertiary alicyclic amines) is 2. The number of halogens is 2. The standard InChI is InChI=1S/C32H51F2N5O5S/c1-23(2)22-39(31(40)35-28-7-15-37(16-8-28)32(41)44-3)29-9-12-36(13-10-29)14-11-30(25-19-26(33)21-27(34)20-25)24-5-17-38(18-6-24)45(4,42)43/h19-21,23-24,28-30H,5-18,22H2,1-4H3,(H,35,40). The van der Waals surface area contributed by atoms with Crippen LogP contribution in [-0.2, 0) is 14.8 Å². The number of hydrogen-bond donors (Lipinski definition) is 1. The SMILES string of the molecule is COC(=O)N1CCC(NC(=O)N(CC(C)C)C2CCN(CCC(c3cc(F)cc(F)c3)C3CCN(S(C)(=O)=O)CC3)CC2)CC1. The number of urea groups is 1. The van der Waals surface area contributed by atoms with Gasteiger partial charge in [-0.1, -0.05) is 13.8 Å². The van der Waals surface area contributed by atoms with Crippen molar-refractivity contribution in [2.24, 2.45) is 11.8 Å². The molecule has 3 heterocycles. The minimum atomic E-state index is -3.27. The van der Waals surface area contributed by atoms with Crippen LogP contribution in [0.2, 0.25) is 0 Å². The molecule has 0 saturated carbocycles. The van der Waals surface area contributed by atoms with E-state index >= 15 is 0 Å². The Labute approximate surface area is 267 Å². The Hall–Kier alpha value is -2.51. The Morgan fingerprint density at radius 3 is 2.09 bits per heavy atom. The van der Waals surface area contributed by atoms with Crippen LogP contribution in [0.15, 0.2) is 18.2 Å². The first kappa shape index (κ1) is 35.3. The molecule has 0 radical (unpaired) electrons. The minimum Gasteiger partial charge on any atom is -0.453 e. The number of amides is 3. The molecule has 3 fully saturated rings. The number of piperidine rings is 3. The summed E-state index contributed by atoms with van der Waals surface area (Å²) in [5, 5.41) is 3.22. The number of methoxy groups -OCH3 is 1. The first-order valence-electron chi connectivity index (χ1n) is 16.4. The molecule has 13 heteroatoms. The Balaban J connectivity index is 1.33. The molecule has 1 aromatic carbocycles. The van der Waals surface area contributed by atoms with Crippen LogP contribution >= 0.6 is 0 Å². The predicted octanol–water partition coefficient (Wildman–Crippen LogP) is 4.47. The number of sulfonamides is 1. The topological polar surface area (TPSA) is 102 Å². The third-order valence-corrected chi connectivity index (χ3v) is 11.0. The van der Waals surface area contributed by atoms with Crippen LogP contribution in [0.3, 0.4) is 0 Å². The summed E-state index contributed by atoms with van der Waals surface area (Å²) in [4.78, 5) is 31.3. The van der Waals surface area contributed by atoms with Gasteiger partial charge in [-0.3, -0.25) is 0 Å². The second-order valence-electron chi connectivity index (χ2n) is 13.4. The van der Waals surface area contributed by atoms with Gasteiger partial charge in [-0.25, -0.2) is 31.1 Å². The second-order valence-corrected chi connectivity index (χ2v) is 15.4. The molecular formula is C32H51F2N5O5S. The summed E-state index contributed by atoms with van der Waals surface area (Å²) in [6.07, 6.45) is 5.98. The van der Waals surface area contributed by atoms with Gasteiger partial charge in [0.1, 0.15) is 11.6 Å². The van der Waals surface area contributed by atoms with E-state index in [1.165, 1.54) is 29.8 Å². The van der Waals surface area contributed by atoms with Gasteiger partial charge in [0.05, 0.1) is 13.4 Å². The fraction of sp³-hybridized carbons (Fsp3) is 0.750. The summed E-state index contributed by atoms with van der Waals surface area (Å²) in [7, 11) is -1.89. The van der Waals surface area contributed by atoms with Gasteiger partial charge in [0.2, 0.25) is 10.0 Å². The molecule has 254 valence electrons. The molecule has 3 amide bonds.